The monoisotopic (exact) mass is 417 g/mol. The third-order valence-corrected chi connectivity index (χ3v) is 5.99. The maximum Gasteiger partial charge on any atom is 0.247 e. The summed E-state index contributed by atoms with van der Waals surface area (Å²) in [6, 6.07) is 14.7. The molecule has 28 heavy (non-hydrogen) atoms. The average molecular weight is 418 g/mol. The zero-order valence-corrected chi connectivity index (χ0v) is 16.9. The average Bonchev–Trinajstić information content (AvgIpc) is 2.98. The van der Waals surface area contributed by atoms with Crippen LogP contribution in [0, 0.1) is 0 Å². The molecule has 2 aromatic carbocycles. The minimum atomic E-state index is -0.367. The molecule has 2 aromatic rings. The Balaban J connectivity index is 1.39. The largest absolute Gasteiger partial charge is 0.368 e. The maximum atomic E-state index is 12.9. The fraction of sp³-hybridized carbons (Fsp3) is 0.333. The molecular formula is C21H21Cl2N3O2. The van der Waals surface area contributed by atoms with E-state index in [1.807, 2.05) is 36.4 Å². The fourth-order valence-corrected chi connectivity index (χ4v) is 4.25. The van der Waals surface area contributed by atoms with E-state index < -0.39 is 0 Å². The lowest BCUT2D eigenvalue weighted by Gasteiger charge is -2.38. The van der Waals surface area contributed by atoms with Gasteiger partial charge >= 0.3 is 0 Å². The lowest BCUT2D eigenvalue weighted by atomic mass is 10.1. The number of para-hydroxylation sites is 1. The first-order valence-corrected chi connectivity index (χ1v) is 10.1. The molecule has 0 spiro atoms. The molecule has 2 heterocycles. The Morgan fingerprint density at radius 1 is 0.893 bits per heavy atom. The molecule has 0 saturated carbocycles. The Kier molecular flexibility index (Phi) is 5.58. The first-order chi connectivity index (χ1) is 13.5. The summed E-state index contributed by atoms with van der Waals surface area (Å²) in [4.78, 5) is 31.1. The summed E-state index contributed by atoms with van der Waals surface area (Å²) >= 11 is 12.2. The summed E-state index contributed by atoms with van der Waals surface area (Å²) in [6.07, 6.45) is 0.249. The van der Waals surface area contributed by atoms with E-state index in [4.69, 9.17) is 23.2 Å². The number of amides is 2. The van der Waals surface area contributed by atoms with Crippen LogP contribution in [0.25, 0.3) is 0 Å². The van der Waals surface area contributed by atoms with Crippen molar-refractivity contribution in [2.45, 2.75) is 19.0 Å². The number of likely N-dealkylation sites (tertiary alicyclic amines) is 1. The highest BCUT2D eigenvalue weighted by Crippen LogP contribution is 2.28. The summed E-state index contributed by atoms with van der Waals surface area (Å²) in [6.45, 7) is 3.30. The molecule has 2 saturated heterocycles. The zero-order chi connectivity index (χ0) is 19.7. The summed E-state index contributed by atoms with van der Waals surface area (Å²) in [5.41, 5.74) is 1.91. The van der Waals surface area contributed by atoms with Crippen LogP contribution in [0.3, 0.4) is 0 Å². The molecule has 2 fully saturated rings. The highest BCUT2D eigenvalue weighted by molar-refractivity contribution is 6.33. The van der Waals surface area contributed by atoms with Gasteiger partial charge in [0.25, 0.3) is 0 Å². The van der Waals surface area contributed by atoms with E-state index in [9.17, 15) is 9.59 Å². The SMILES string of the molecule is O=C1C[C@H](N2CCN(c3ccccc3Cl)CC2)C(=O)N1Cc1ccc(Cl)cc1. The molecule has 0 aromatic heterocycles. The van der Waals surface area contributed by atoms with Crippen molar-refractivity contribution in [3.8, 4) is 0 Å². The van der Waals surface area contributed by atoms with Crippen molar-refractivity contribution < 1.29 is 9.59 Å². The van der Waals surface area contributed by atoms with Gasteiger partial charge in [-0.25, -0.2) is 0 Å². The number of carbonyl (C=O) groups is 2. The van der Waals surface area contributed by atoms with Crippen molar-refractivity contribution >= 4 is 40.7 Å². The molecule has 2 aliphatic heterocycles. The molecule has 0 radical (unpaired) electrons. The van der Waals surface area contributed by atoms with Gasteiger partial charge in [0.05, 0.1) is 29.7 Å². The number of anilines is 1. The molecule has 2 amide bonds. The lowest BCUT2D eigenvalue weighted by Crippen LogP contribution is -2.52. The quantitative estimate of drug-likeness (QED) is 0.714. The Bertz CT molecular complexity index is 879. The van der Waals surface area contributed by atoms with Crippen molar-refractivity contribution in [3.63, 3.8) is 0 Å². The number of nitrogens with zero attached hydrogens (tertiary/aromatic N) is 3. The highest BCUT2D eigenvalue weighted by atomic mass is 35.5. The van der Waals surface area contributed by atoms with Crippen LogP contribution in [0.15, 0.2) is 48.5 Å². The van der Waals surface area contributed by atoms with Crippen LogP contribution in [0.5, 0.6) is 0 Å². The van der Waals surface area contributed by atoms with Gasteiger partial charge in [-0.05, 0) is 29.8 Å². The van der Waals surface area contributed by atoms with Crippen molar-refractivity contribution in [3.05, 3.63) is 64.1 Å². The Labute approximate surface area is 174 Å². The molecule has 5 nitrogen and oxygen atoms in total. The topological polar surface area (TPSA) is 43.9 Å². The standard InChI is InChI=1S/C21H21Cl2N3O2/c22-16-7-5-15(6-8-16)14-26-20(27)13-19(21(26)28)25-11-9-24(10-12-25)18-4-2-1-3-17(18)23/h1-8,19H,9-14H2/t19-/m0/s1. The minimum absolute atomic E-state index is 0.105. The van der Waals surface area contributed by atoms with E-state index >= 15 is 0 Å². The summed E-state index contributed by atoms with van der Waals surface area (Å²) in [7, 11) is 0. The highest BCUT2D eigenvalue weighted by Gasteiger charge is 2.42. The molecule has 146 valence electrons. The van der Waals surface area contributed by atoms with E-state index in [-0.39, 0.29) is 24.3 Å². The summed E-state index contributed by atoms with van der Waals surface area (Å²) < 4.78 is 0. The smallest absolute Gasteiger partial charge is 0.247 e. The number of carbonyl (C=O) groups excluding carboxylic acids is 2. The molecule has 0 unspecified atom stereocenters. The number of benzene rings is 2. The normalized spacial score (nSPS) is 20.9. The second kappa shape index (κ2) is 8.11. The van der Waals surface area contributed by atoms with Crippen LogP contribution >= 0.6 is 23.2 Å². The third-order valence-electron chi connectivity index (χ3n) is 5.42. The van der Waals surface area contributed by atoms with Crippen molar-refractivity contribution in [1.29, 1.82) is 0 Å². The molecule has 7 heteroatoms. The van der Waals surface area contributed by atoms with Crippen LogP contribution in [0.1, 0.15) is 12.0 Å². The van der Waals surface area contributed by atoms with Gasteiger partial charge < -0.3 is 4.90 Å². The molecule has 0 aliphatic carbocycles. The number of hydrogen-bond donors (Lipinski definition) is 0. The maximum absolute atomic E-state index is 12.9. The van der Waals surface area contributed by atoms with Gasteiger partial charge in [-0.15, -0.1) is 0 Å². The van der Waals surface area contributed by atoms with E-state index in [0.717, 1.165) is 42.5 Å². The van der Waals surface area contributed by atoms with E-state index in [2.05, 4.69) is 9.80 Å². The zero-order valence-electron chi connectivity index (χ0n) is 15.4. The van der Waals surface area contributed by atoms with Crippen molar-refractivity contribution in [2.24, 2.45) is 0 Å². The van der Waals surface area contributed by atoms with E-state index in [1.54, 1.807) is 12.1 Å². The van der Waals surface area contributed by atoms with Gasteiger partial charge in [0.1, 0.15) is 0 Å². The third kappa shape index (κ3) is 3.88. The molecule has 4 rings (SSSR count). The molecule has 1 atom stereocenters. The minimum Gasteiger partial charge on any atom is -0.368 e. The lowest BCUT2D eigenvalue weighted by molar-refractivity contribution is -0.140. The number of halogens is 2. The van der Waals surface area contributed by atoms with Gasteiger partial charge in [0, 0.05) is 31.2 Å². The summed E-state index contributed by atoms with van der Waals surface area (Å²) in [5, 5.41) is 1.37. The number of imide groups is 1. The van der Waals surface area contributed by atoms with Crippen LogP contribution < -0.4 is 4.90 Å². The van der Waals surface area contributed by atoms with Gasteiger partial charge in [-0.2, -0.15) is 0 Å². The Hall–Kier alpha value is -2.08. The second-order valence-corrected chi connectivity index (χ2v) is 7.98. The predicted octanol–water partition coefficient (Wildman–Crippen LogP) is 3.44. The fourth-order valence-electron chi connectivity index (χ4n) is 3.87. The van der Waals surface area contributed by atoms with Crippen LogP contribution in [0.4, 0.5) is 5.69 Å². The van der Waals surface area contributed by atoms with Crippen molar-refractivity contribution in [2.75, 3.05) is 31.1 Å². The summed E-state index contributed by atoms with van der Waals surface area (Å²) in [5.74, 6) is -0.218. The van der Waals surface area contributed by atoms with E-state index in [1.165, 1.54) is 4.90 Å². The van der Waals surface area contributed by atoms with Gasteiger partial charge in [0.15, 0.2) is 0 Å². The van der Waals surface area contributed by atoms with Gasteiger partial charge in [-0.3, -0.25) is 19.4 Å². The van der Waals surface area contributed by atoms with Crippen LogP contribution in [0.2, 0.25) is 10.0 Å². The first kappa shape index (κ1) is 19.2. The van der Waals surface area contributed by atoms with Crippen LogP contribution in [-0.4, -0.2) is 53.8 Å². The molecule has 0 bridgehead atoms. The van der Waals surface area contributed by atoms with E-state index in [0.29, 0.717) is 11.6 Å². The Morgan fingerprint density at radius 3 is 2.25 bits per heavy atom. The molecular weight excluding hydrogens is 397 g/mol. The number of hydrogen-bond acceptors (Lipinski definition) is 4. The number of piperazine rings is 1. The molecule has 0 N–H and O–H groups in total. The van der Waals surface area contributed by atoms with Crippen LogP contribution in [-0.2, 0) is 16.1 Å². The first-order valence-electron chi connectivity index (χ1n) is 9.35. The van der Waals surface area contributed by atoms with Gasteiger partial charge in [-0.1, -0.05) is 47.5 Å². The molecule has 2 aliphatic rings. The predicted molar refractivity (Wildman–Crippen MR) is 111 cm³/mol. The Morgan fingerprint density at radius 2 is 1.57 bits per heavy atom. The number of rotatable bonds is 4. The van der Waals surface area contributed by atoms with Crippen molar-refractivity contribution in [1.82, 2.24) is 9.80 Å². The van der Waals surface area contributed by atoms with Gasteiger partial charge in [0.2, 0.25) is 11.8 Å². The second-order valence-electron chi connectivity index (χ2n) is 7.14.